The van der Waals surface area contributed by atoms with Crippen molar-refractivity contribution >= 4 is 28.4 Å². The fourth-order valence-electron chi connectivity index (χ4n) is 1.83. The van der Waals surface area contributed by atoms with Crippen molar-refractivity contribution in [3.05, 3.63) is 16.1 Å². The number of hydrogen-bond acceptors (Lipinski definition) is 4. The Labute approximate surface area is 103 Å². The summed E-state index contributed by atoms with van der Waals surface area (Å²) in [7, 11) is 0. The van der Waals surface area contributed by atoms with Gasteiger partial charge in [-0.3, -0.25) is 0 Å². The molecule has 0 saturated heterocycles. The first-order valence-electron chi connectivity index (χ1n) is 5.16. The molecule has 1 aromatic rings. The number of hydrogen-bond donors (Lipinski definition) is 2. The van der Waals surface area contributed by atoms with E-state index in [1.165, 1.54) is 0 Å². The van der Waals surface area contributed by atoms with Crippen molar-refractivity contribution in [3.63, 3.8) is 0 Å². The molecule has 2 rings (SSSR count). The van der Waals surface area contributed by atoms with Gasteiger partial charge in [-0.1, -0.05) is 0 Å². The number of rotatable bonds is 2. The van der Waals surface area contributed by atoms with E-state index in [9.17, 15) is 5.11 Å². The van der Waals surface area contributed by atoms with Crippen LogP contribution in [0.5, 0.6) is 0 Å². The summed E-state index contributed by atoms with van der Waals surface area (Å²) >= 11 is 2.22. The lowest BCUT2D eigenvalue weighted by Gasteiger charge is -2.26. The van der Waals surface area contributed by atoms with E-state index in [0.717, 1.165) is 35.1 Å². The van der Waals surface area contributed by atoms with E-state index in [1.807, 2.05) is 0 Å². The number of aromatic nitrogens is 2. The van der Waals surface area contributed by atoms with Gasteiger partial charge in [-0.15, -0.1) is 0 Å². The molecule has 0 spiro atoms. The SMILES string of the molecule is OC1CCC(Nc2ncncc2I)CC1. The van der Waals surface area contributed by atoms with Crippen molar-refractivity contribution in [1.82, 2.24) is 9.97 Å². The Kier molecular flexibility index (Phi) is 3.74. The van der Waals surface area contributed by atoms with Gasteiger partial charge in [0.2, 0.25) is 0 Å². The molecule has 0 aliphatic heterocycles. The van der Waals surface area contributed by atoms with Crippen molar-refractivity contribution in [1.29, 1.82) is 0 Å². The van der Waals surface area contributed by atoms with Crippen LogP contribution in [-0.2, 0) is 0 Å². The maximum Gasteiger partial charge on any atom is 0.143 e. The van der Waals surface area contributed by atoms with Crippen LogP contribution in [0.3, 0.4) is 0 Å². The fraction of sp³-hybridized carbons (Fsp3) is 0.600. The molecule has 4 nitrogen and oxygen atoms in total. The van der Waals surface area contributed by atoms with Gasteiger partial charge in [-0.25, -0.2) is 9.97 Å². The molecule has 0 bridgehead atoms. The number of nitrogens with one attached hydrogen (secondary N) is 1. The summed E-state index contributed by atoms with van der Waals surface area (Å²) in [4.78, 5) is 8.15. The monoisotopic (exact) mass is 319 g/mol. The topological polar surface area (TPSA) is 58.0 Å². The van der Waals surface area contributed by atoms with E-state index >= 15 is 0 Å². The first-order chi connectivity index (χ1) is 7.25. The Bertz CT molecular complexity index is 326. The molecule has 2 N–H and O–H groups in total. The predicted octanol–water partition coefficient (Wildman–Crippen LogP) is 1.80. The molecular formula is C10H14IN3O. The normalized spacial score (nSPS) is 26.3. The molecule has 0 radical (unpaired) electrons. The van der Waals surface area contributed by atoms with Gasteiger partial charge in [0.25, 0.3) is 0 Å². The molecule has 82 valence electrons. The summed E-state index contributed by atoms with van der Waals surface area (Å²) in [5.74, 6) is 0.909. The zero-order valence-electron chi connectivity index (χ0n) is 8.36. The van der Waals surface area contributed by atoms with E-state index in [-0.39, 0.29) is 6.10 Å². The minimum absolute atomic E-state index is 0.104. The number of nitrogens with zero attached hydrogens (tertiary/aromatic N) is 2. The van der Waals surface area contributed by atoms with Crippen LogP contribution >= 0.6 is 22.6 Å². The summed E-state index contributed by atoms with van der Waals surface area (Å²) in [6.07, 6.45) is 7.06. The van der Waals surface area contributed by atoms with Crippen LogP contribution in [0.4, 0.5) is 5.82 Å². The molecule has 5 heteroatoms. The van der Waals surface area contributed by atoms with Gasteiger partial charge in [0.05, 0.1) is 9.67 Å². The fourth-order valence-corrected chi connectivity index (χ4v) is 2.29. The van der Waals surface area contributed by atoms with Gasteiger partial charge in [0.15, 0.2) is 0 Å². The number of anilines is 1. The van der Waals surface area contributed by atoms with Crippen molar-refractivity contribution in [2.24, 2.45) is 0 Å². The Hall–Kier alpha value is -0.430. The first-order valence-corrected chi connectivity index (χ1v) is 6.23. The van der Waals surface area contributed by atoms with Crippen molar-refractivity contribution in [2.75, 3.05) is 5.32 Å². The third-order valence-electron chi connectivity index (χ3n) is 2.71. The molecule has 1 fully saturated rings. The van der Waals surface area contributed by atoms with E-state index in [1.54, 1.807) is 12.5 Å². The number of halogens is 1. The average molecular weight is 319 g/mol. The van der Waals surface area contributed by atoms with Crippen LogP contribution in [0, 0.1) is 3.57 Å². The third kappa shape index (κ3) is 3.01. The van der Waals surface area contributed by atoms with Gasteiger partial charge in [0, 0.05) is 12.2 Å². The van der Waals surface area contributed by atoms with Crippen molar-refractivity contribution < 1.29 is 5.11 Å². The molecule has 0 unspecified atom stereocenters. The highest BCUT2D eigenvalue weighted by molar-refractivity contribution is 14.1. The standard InChI is InChI=1S/C10H14IN3O/c11-9-5-12-6-13-10(9)14-7-1-3-8(15)4-2-7/h5-8,15H,1-4H2,(H,12,13,14). The molecular weight excluding hydrogens is 305 g/mol. The lowest BCUT2D eigenvalue weighted by molar-refractivity contribution is 0.126. The molecule has 1 aliphatic rings. The molecule has 0 aromatic carbocycles. The second-order valence-corrected chi connectivity index (χ2v) is 5.03. The van der Waals surface area contributed by atoms with E-state index in [0.29, 0.717) is 6.04 Å². The van der Waals surface area contributed by atoms with Gasteiger partial charge < -0.3 is 10.4 Å². The minimum Gasteiger partial charge on any atom is -0.393 e. The summed E-state index contributed by atoms with van der Waals surface area (Å²) in [5.41, 5.74) is 0. The Morgan fingerprint density at radius 2 is 2.07 bits per heavy atom. The Morgan fingerprint density at radius 3 is 2.73 bits per heavy atom. The molecule has 15 heavy (non-hydrogen) atoms. The first kappa shape index (κ1) is 11.1. The Morgan fingerprint density at radius 1 is 1.33 bits per heavy atom. The molecule has 1 saturated carbocycles. The smallest absolute Gasteiger partial charge is 0.143 e. The summed E-state index contributed by atoms with van der Waals surface area (Å²) in [6.45, 7) is 0. The molecule has 0 amide bonds. The van der Waals surface area contributed by atoms with Crippen molar-refractivity contribution in [3.8, 4) is 0 Å². The number of aliphatic hydroxyl groups excluding tert-OH is 1. The zero-order chi connectivity index (χ0) is 10.7. The quantitative estimate of drug-likeness (QED) is 0.816. The highest BCUT2D eigenvalue weighted by atomic mass is 127. The summed E-state index contributed by atoms with van der Waals surface area (Å²) in [5, 5.41) is 12.8. The molecule has 0 atom stereocenters. The molecule has 1 aliphatic carbocycles. The van der Waals surface area contributed by atoms with Crippen LogP contribution < -0.4 is 5.32 Å². The maximum atomic E-state index is 9.39. The van der Waals surface area contributed by atoms with Gasteiger partial charge in [-0.2, -0.15) is 0 Å². The largest absolute Gasteiger partial charge is 0.393 e. The average Bonchev–Trinajstić information content (AvgIpc) is 2.25. The van der Waals surface area contributed by atoms with Gasteiger partial charge >= 0.3 is 0 Å². The molecule has 1 heterocycles. The second-order valence-electron chi connectivity index (χ2n) is 3.87. The Balaban J connectivity index is 1.95. The predicted molar refractivity (Wildman–Crippen MR) is 66.6 cm³/mol. The highest BCUT2D eigenvalue weighted by Gasteiger charge is 2.19. The molecule has 1 aromatic heterocycles. The van der Waals surface area contributed by atoms with Crippen LogP contribution in [-0.4, -0.2) is 27.2 Å². The third-order valence-corrected chi connectivity index (χ3v) is 3.49. The summed E-state index contributed by atoms with van der Waals surface area (Å²) < 4.78 is 1.04. The highest BCUT2D eigenvalue weighted by Crippen LogP contribution is 2.22. The maximum absolute atomic E-state index is 9.39. The lowest BCUT2D eigenvalue weighted by Crippen LogP contribution is -2.28. The van der Waals surface area contributed by atoms with E-state index in [2.05, 4.69) is 37.9 Å². The van der Waals surface area contributed by atoms with E-state index < -0.39 is 0 Å². The number of aliphatic hydroxyl groups is 1. The van der Waals surface area contributed by atoms with Crippen LogP contribution in [0.25, 0.3) is 0 Å². The van der Waals surface area contributed by atoms with Gasteiger partial charge in [0.1, 0.15) is 12.1 Å². The zero-order valence-corrected chi connectivity index (χ0v) is 10.5. The minimum atomic E-state index is -0.104. The van der Waals surface area contributed by atoms with Crippen LogP contribution in [0.15, 0.2) is 12.5 Å². The lowest BCUT2D eigenvalue weighted by atomic mass is 9.93. The van der Waals surface area contributed by atoms with Crippen molar-refractivity contribution in [2.45, 2.75) is 37.8 Å². The van der Waals surface area contributed by atoms with E-state index in [4.69, 9.17) is 0 Å². The van der Waals surface area contributed by atoms with Crippen LogP contribution in [0.2, 0.25) is 0 Å². The summed E-state index contributed by atoms with van der Waals surface area (Å²) in [6, 6.07) is 0.441. The van der Waals surface area contributed by atoms with Crippen LogP contribution in [0.1, 0.15) is 25.7 Å². The van der Waals surface area contributed by atoms with Gasteiger partial charge in [-0.05, 0) is 48.3 Å². The second kappa shape index (κ2) is 5.07.